The second kappa shape index (κ2) is 10.4. The van der Waals surface area contributed by atoms with Crippen LogP contribution in [0.2, 0.25) is 0 Å². The summed E-state index contributed by atoms with van der Waals surface area (Å²) in [7, 11) is 1.32. The molecular formula is C19H26N4O3S2. The van der Waals surface area contributed by atoms with Crippen molar-refractivity contribution in [2.24, 2.45) is 5.92 Å². The Morgan fingerprint density at radius 1 is 1.25 bits per heavy atom. The first-order valence-corrected chi connectivity index (χ1v) is 10.8. The molecule has 0 saturated carbocycles. The van der Waals surface area contributed by atoms with Crippen molar-refractivity contribution in [3.8, 4) is 0 Å². The monoisotopic (exact) mass is 422 g/mol. The van der Waals surface area contributed by atoms with Gasteiger partial charge in [-0.1, -0.05) is 54.6 Å². The number of aryl methyl sites for hydroxylation is 2. The highest BCUT2D eigenvalue weighted by Crippen LogP contribution is 2.28. The van der Waals surface area contributed by atoms with Gasteiger partial charge in [0.25, 0.3) is 0 Å². The Balaban J connectivity index is 1.89. The Labute approximate surface area is 173 Å². The summed E-state index contributed by atoms with van der Waals surface area (Å²) in [6, 6.07) is 5.51. The van der Waals surface area contributed by atoms with Crippen LogP contribution in [0.4, 0.5) is 10.8 Å². The highest BCUT2D eigenvalue weighted by Gasteiger charge is 2.22. The van der Waals surface area contributed by atoms with E-state index in [0.717, 1.165) is 11.3 Å². The number of esters is 1. The first kappa shape index (κ1) is 22.2. The van der Waals surface area contributed by atoms with E-state index in [-0.39, 0.29) is 17.6 Å². The van der Waals surface area contributed by atoms with Gasteiger partial charge in [-0.25, -0.2) is 4.79 Å². The summed E-state index contributed by atoms with van der Waals surface area (Å²) in [5.74, 6) is -0.244. The fraction of sp³-hybridized carbons (Fsp3) is 0.474. The fourth-order valence-corrected chi connectivity index (χ4v) is 4.15. The van der Waals surface area contributed by atoms with E-state index in [1.54, 1.807) is 0 Å². The van der Waals surface area contributed by atoms with E-state index in [9.17, 15) is 9.59 Å². The number of aromatic nitrogens is 2. The van der Waals surface area contributed by atoms with E-state index >= 15 is 0 Å². The molecule has 2 aromatic rings. The molecule has 0 fully saturated rings. The normalized spacial score (nSPS) is 11.9. The Morgan fingerprint density at radius 3 is 2.64 bits per heavy atom. The van der Waals surface area contributed by atoms with E-state index in [1.807, 2.05) is 39.8 Å². The van der Waals surface area contributed by atoms with Gasteiger partial charge in [0, 0.05) is 5.69 Å². The number of amides is 1. The quantitative estimate of drug-likeness (QED) is 0.470. The largest absolute Gasteiger partial charge is 0.467 e. The number of hydrogen-bond acceptors (Lipinski definition) is 8. The van der Waals surface area contributed by atoms with E-state index < -0.39 is 12.0 Å². The molecule has 0 saturated heterocycles. The lowest BCUT2D eigenvalue weighted by Crippen LogP contribution is -2.43. The fourth-order valence-electron chi connectivity index (χ4n) is 2.58. The number of carbonyl (C=O) groups is 2. The van der Waals surface area contributed by atoms with Crippen LogP contribution in [0.3, 0.4) is 0 Å². The SMILES string of the molecule is COC(=O)[C@@H](CC(C)C)NC(=O)CSc1nnc(Nc2ccc(C)cc2C)s1. The van der Waals surface area contributed by atoms with Crippen molar-refractivity contribution in [1.29, 1.82) is 0 Å². The predicted octanol–water partition coefficient (Wildman–Crippen LogP) is 3.69. The Kier molecular flexibility index (Phi) is 8.25. The predicted molar refractivity (Wildman–Crippen MR) is 113 cm³/mol. The van der Waals surface area contributed by atoms with Gasteiger partial charge in [0.15, 0.2) is 4.34 Å². The third kappa shape index (κ3) is 6.79. The van der Waals surface area contributed by atoms with Crippen molar-refractivity contribution in [2.45, 2.75) is 44.5 Å². The number of carbonyl (C=O) groups excluding carboxylic acids is 2. The van der Waals surface area contributed by atoms with E-state index in [4.69, 9.17) is 4.74 Å². The van der Waals surface area contributed by atoms with E-state index in [0.29, 0.717) is 15.9 Å². The van der Waals surface area contributed by atoms with Crippen molar-refractivity contribution in [2.75, 3.05) is 18.2 Å². The second-order valence-electron chi connectivity index (χ2n) is 6.88. The second-order valence-corrected chi connectivity index (χ2v) is 9.08. The minimum absolute atomic E-state index is 0.157. The van der Waals surface area contributed by atoms with E-state index in [2.05, 4.69) is 26.9 Å². The molecule has 0 bridgehead atoms. The molecule has 0 aliphatic carbocycles. The lowest BCUT2D eigenvalue weighted by molar-refractivity contribution is -0.145. The zero-order valence-electron chi connectivity index (χ0n) is 16.7. The molecule has 1 heterocycles. The number of hydrogen-bond donors (Lipinski definition) is 2. The summed E-state index contributed by atoms with van der Waals surface area (Å²) in [5.41, 5.74) is 3.30. The maximum Gasteiger partial charge on any atom is 0.328 e. The molecule has 152 valence electrons. The summed E-state index contributed by atoms with van der Waals surface area (Å²) >= 11 is 2.67. The van der Waals surface area contributed by atoms with Gasteiger partial charge in [0.1, 0.15) is 6.04 Å². The zero-order valence-corrected chi connectivity index (χ0v) is 18.4. The number of nitrogens with one attached hydrogen (secondary N) is 2. The van der Waals surface area contributed by atoms with Gasteiger partial charge in [0.2, 0.25) is 11.0 Å². The Hall–Kier alpha value is -2.13. The first-order chi connectivity index (χ1) is 13.3. The summed E-state index contributed by atoms with van der Waals surface area (Å²) < 4.78 is 5.45. The van der Waals surface area contributed by atoms with Crippen LogP contribution in [0.5, 0.6) is 0 Å². The van der Waals surface area contributed by atoms with Crippen molar-refractivity contribution in [3.63, 3.8) is 0 Å². The van der Waals surface area contributed by atoms with Crippen LogP contribution in [-0.4, -0.2) is 41.0 Å². The molecule has 0 unspecified atom stereocenters. The number of thioether (sulfide) groups is 1. The molecule has 0 radical (unpaired) electrons. The minimum Gasteiger partial charge on any atom is -0.467 e. The van der Waals surface area contributed by atoms with Gasteiger partial charge in [-0.15, -0.1) is 10.2 Å². The molecule has 28 heavy (non-hydrogen) atoms. The Bertz CT molecular complexity index is 823. The first-order valence-electron chi connectivity index (χ1n) is 8.96. The van der Waals surface area contributed by atoms with Gasteiger partial charge < -0.3 is 15.4 Å². The van der Waals surface area contributed by atoms with Gasteiger partial charge in [0.05, 0.1) is 12.9 Å². The molecule has 0 aliphatic heterocycles. The third-order valence-corrected chi connectivity index (χ3v) is 5.86. The average molecular weight is 423 g/mol. The smallest absolute Gasteiger partial charge is 0.328 e. The van der Waals surface area contributed by atoms with Crippen LogP contribution in [-0.2, 0) is 14.3 Å². The molecule has 1 aromatic heterocycles. The molecule has 0 spiro atoms. The molecule has 1 amide bonds. The molecule has 2 N–H and O–H groups in total. The van der Waals surface area contributed by atoms with Crippen molar-refractivity contribution in [3.05, 3.63) is 29.3 Å². The van der Waals surface area contributed by atoms with E-state index in [1.165, 1.54) is 35.8 Å². The summed E-state index contributed by atoms with van der Waals surface area (Å²) in [4.78, 5) is 24.0. The molecule has 1 atom stereocenters. The van der Waals surface area contributed by atoms with Gasteiger partial charge >= 0.3 is 5.97 Å². The summed E-state index contributed by atoms with van der Waals surface area (Å²) in [5, 5.41) is 14.9. The van der Waals surface area contributed by atoms with Crippen LogP contribution < -0.4 is 10.6 Å². The number of anilines is 2. The number of benzene rings is 1. The summed E-state index contributed by atoms with van der Waals surface area (Å²) in [6.07, 6.45) is 0.534. The van der Waals surface area contributed by atoms with Crippen LogP contribution >= 0.6 is 23.1 Å². The van der Waals surface area contributed by atoms with Crippen molar-refractivity contribution < 1.29 is 14.3 Å². The number of ether oxygens (including phenoxy) is 1. The van der Waals surface area contributed by atoms with Crippen molar-refractivity contribution in [1.82, 2.24) is 15.5 Å². The number of methoxy groups -OCH3 is 1. The molecule has 2 rings (SSSR count). The van der Waals surface area contributed by atoms with Crippen LogP contribution in [0.1, 0.15) is 31.4 Å². The molecule has 1 aromatic carbocycles. The average Bonchev–Trinajstić information content (AvgIpc) is 3.08. The Morgan fingerprint density at radius 2 is 2.00 bits per heavy atom. The van der Waals surface area contributed by atoms with Crippen LogP contribution in [0.15, 0.2) is 22.5 Å². The summed E-state index contributed by atoms with van der Waals surface area (Å²) in [6.45, 7) is 8.06. The molecule has 0 aliphatic rings. The third-order valence-electron chi connectivity index (χ3n) is 3.88. The lowest BCUT2D eigenvalue weighted by Gasteiger charge is -2.17. The minimum atomic E-state index is -0.630. The zero-order chi connectivity index (χ0) is 20.7. The van der Waals surface area contributed by atoms with Gasteiger partial charge in [-0.3, -0.25) is 4.79 Å². The van der Waals surface area contributed by atoms with Crippen LogP contribution in [0.25, 0.3) is 0 Å². The number of rotatable bonds is 9. The lowest BCUT2D eigenvalue weighted by atomic mass is 10.0. The maximum absolute atomic E-state index is 12.2. The van der Waals surface area contributed by atoms with Crippen molar-refractivity contribution >= 4 is 45.8 Å². The highest BCUT2D eigenvalue weighted by molar-refractivity contribution is 8.01. The molecule has 7 nitrogen and oxygen atoms in total. The highest BCUT2D eigenvalue weighted by atomic mass is 32.2. The molecule has 9 heteroatoms. The standard InChI is InChI=1S/C19H26N4O3S2/c1-11(2)8-15(17(25)26-5)20-16(24)10-27-19-23-22-18(28-19)21-14-7-6-12(3)9-13(14)4/h6-7,9,11,15H,8,10H2,1-5H3,(H,20,24)(H,21,22)/t15-/m1/s1. The topological polar surface area (TPSA) is 93.2 Å². The van der Waals surface area contributed by atoms with Gasteiger partial charge in [-0.2, -0.15) is 0 Å². The molecular weight excluding hydrogens is 396 g/mol. The maximum atomic E-state index is 12.2. The van der Waals surface area contributed by atoms with Gasteiger partial charge in [-0.05, 0) is 37.8 Å². The number of nitrogens with zero attached hydrogens (tertiary/aromatic N) is 2. The van der Waals surface area contributed by atoms with Crippen LogP contribution in [0, 0.1) is 19.8 Å².